The minimum Gasteiger partial charge on any atom is -0.486 e. The molecule has 0 spiro atoms. The standard InChI is InChI=1S/C14H17BrN4O2/c1-19-9-17-13(18-19)2-3-16-8-10-6-11(15)14-12(7-10)20-4-5-21-14/h6-7,9,16H,2-5,8H2,1H3. The van der Waals surface area contributed by atoms with Gasteiger partial charge in [-0.2, -0.15) is 5.10 Å². The summed E-state index contributed by atoms with van der Waals surface area (Å²) in [7, 11) is 1.87. The summed E-state index contributed by atoms with van der Waals surface area (Å²) in [4.78, 5) is 4.20. The van der Waals surface area contributed by atoms with Gasteiger partial charge in [0.15, 0.2) is 17.3 Å². The molecule has 0 fully saturated rings. The molecule has 1 aliphatic heterocycles. The highest BCUT2D eigenvalue weighted by molar-refractivity contribution is 9.10. The number of nitrogens with zero attached hydrogens (tertiary/aromatic N) is 3. The summed E-state index contributed by atoms with van der Waals surface area (Å²) in [5.74, 6) is 2.45. The molecule has 0 aliphatic carbocycles. The monoisotopic (exact) mass is 352 g/mol. The van der Waals surface area contributed by atoms with Gasteiger partial charge >= 0.3 is 0 Å². The van der Waals surface area contributed by atoms with Crippen LogP contribution >= 0.6 is 15.9 Å². The lowest BCUT2D eigenvalue weighted by atomic mass is 10.2. The molecule has 7 heteroatoms. The van der Waals surface area contributed by atoms with E-state index in [2.05, 4.69) is 37.4 Å². The van der Waals surface area contributed by atoms with Gasteiger partial charge in [-0.05, 0) is 33.6 Å². The summed E-state index contributed by atoms with van der Waals surface area (Å²) in [5, 5.41) is 7.64. The lowest BCUT2D eigenvalue weighted by Gasteiger charge is -2.20. The topological polar surface area (TPSA) is 61.2 Å². The Morgan fingerprint density at radius 2 is 2.19 bits per heavy atom. The van der Waals surface area contributed by atoms with Gasteiger partial charge in [0.2, 0.25) is 0 Å². The van der Waals surface area contributed by atoms with Crippen LogP contribution in [0.2, 0.25) is 0 Å². The molecule has 0 radical (unpaired) electrons. The molecule has 0 saturated carbocycles. The summed E-state index contributed by atoms with van der Waals surface area (Å²) >= 11 is 3.53. The molecule has 0 saturated heterocycles. The number of nitrogens with one attached hydrogen (secondary N) is 1. The molecule has 3 rings (SSSR count). The van der Waals surface area contributed by atoms with Crippen molar-refractivity contribution in [2.45, 2.75) is 13.0 Å². The first-order valence-electron chi connectivity index (χ1n) is 6.85. The molecule has 0 atom stereocenters. The number of hydrogen-bond acceptors (Lipinski definition) is 5. The van der Waals surface area contributed by atoms with Crippen LogP contribution in [0.1, 0.15) is 11.4 Å². The third-order valence-corrected chi connectivity index (χ3v) is 3.75. The number of ether oxygens (including phenoxy) is 2. The fourth-order valence-electron chi connectivity index (χ4n) is 2.20. The number of rotatable bonds is 5. The zero-order valence-corrected chi connectivity index (χ0v) is 13.4. The van der Waals surface area contributed by atoms with Crippen LogP contribution in [0, 0.1) is 0 Å². The van der Waals surface area contributed by atoms with E-state index in [0.717, 1.165) is 46.9 Å². The fraction of sp³-hybridized carbons (Fsp3) is 0.429. The predicted molar refractivity (Wildman–Crippen MR) is 81.5 cm³/mol. The molecule has 1 aromatic heterocycles. The van der Waals surface area contributed by atoms with Crippen LogP contribution < -0.4 is 14.8 Å². The maximum atomic E-state index is 5.62. The average Bonchev–Trinajstić information content (AvgIpc) is 2.89. The van der Waals surface area contributed by atoms with E-state index in [1.54, 1.807) is 11.0 Å². The summed E-state index contributed by atoms with van der Waals surface area (Å²) in [5.41, 5.74) is 1.15. The zero-order chi connectivity index (χ0) is 14.7. The van der Waals surface area contributed by atoms with Crippen LogP contribution in [0.25, 0.3) is 0 Å². The molecule has 1 aliphatic rings. The number of hydrogen-bond donors (Lipinski definition) is 1. The van der Waals surface area contributed by atoms with Gasteiger partial charge in [-0.1, -0.05) is 0 Å². The van der Waals surface area contributed by atoms with Crippen molar-refractivity contribution in [1.82, 2.24) is 20.1 Å². The van der Waals surface area contributed by atoms with E-state index < -0.39 is 0 Å². The first-order chi connectivity index (χ1) is 10.2. The Morgan fingerprint density at radius 1 is 1.33 bits per heavy atom. The molecule has 0 bridgehead atoms. The van der Waals surface area contributed by atoms with E-state index in [0.29, 0.717) is 13.2 Å². The zero-order valence-electron chi connectivity index (χ0n) is 11.8. The van der Waals surface area contributed by atoms with Gasteiger partial charge in [0.1, 0.15) is 19.5 Å². The van der Waals surface area contributed by atoms with Crippen molar-refractivity contribution in [3.05, 3.63) is 34.3 Å². The Labute approximate surface area is 131 Å². The van der Waals surface area contributed by atoms with Crippen LogP contribution in [0.4, 0.5) is 0 Å². The molecule has 1 N–H and O–H groups in total. The predicted octanol–water partition coefficient (Wildman–Crippen LogP) is 1.68. The Kier molecular flexibility index (Phi) is 4.40. The largest absolute Gasteiger partial charge is 0.486 e. The summed E-state index contributed by atoms with van der Waals surface area (Å²) in [6.45, 7) is 2.79. The summed E-state index contributed by atoms with van der Waals surface area (Å²) < 4.78 is 13.9. The van der Waals surface area contributed by atoms with Crippen molar-refractivity contribution in [1.29, 1.82) is 0 Å². The second kappa shape index (κ2) is 6.44. The van der Waals surface area contributed by atoms with Gasteiger partial charge in [-0.25, -0.2) is 4.98 Å². The number of halogens is 1. The summed E-state index contributed by atoms with van der Waals surface area (Å²) in [6, 6.07) is 4.07. The van der Waals surface area contributed by atoms with Gasteiger partial charge in [-0.3, -0.25) is 4.68 Å². The Hall–Kier alpha value is -1.60. The quantitative estimate of drug-likeness (QED) is 0.829. The Bertz CT molecular complexity index is 629. The smallest absolute Gasteiger partial charge is 0.175 e. The average molecular weight is 353 g/mol. The fourth-order valence-corrected chi connectivity index (χ4v) is 2.80. The minimum absolute atomic E-state index is 0.597. The molecule has 112 valence electrons. The highest BCUT2D eigenvalue weighted by Gasteiger charge is 2.16. The highest BCUT2D eigenvalue weighted by Crippen LogP contribution is 2.38. The van der Waals surface area contributed by atoms with E-state index in [9.17, 15) is 0 Å². The second-order valence-corrected chi connectivity index (χ2v) is 5.72. The number of fused-ring (bicyclic) bond motifs is 1. The third kappa shape index (κ3) is 3.54. The van der Waals surface area contributed by atoms with Gasteiger partial charge in [0.05, 0.1) is 4.47 Å². The minimum atomic E-state index is 0.597. The maximum Gasteiger partial charge on any atom is 0.175 e. The molecule has 21 heavy (non-hydrogen) atoms. The first-order valence-corrected chi connectivity index (χ1v) is 7.65. The van der Waals surface area contributed by atoms with Crippen LogP contribution in [0.3, 0.4) is 0 Å². The van der Waals surface area contributed by atoms with Crippen molar-refractivity contribution >= 4 is 15.9 Å². The van der Waals surface area contributed by atoms with Crippen molar-refractivity contribution in [3.8, 4) is 11.5 Å². The molecular formula is C14H17BrN4O2. The molecule has 1 aromatic carbocycles. The third-order valence-electron chi connectivity index (χ3n) is 3.16. The van der Waals surface area contributed by atoms with Crippen LogP contribution in [0.15, 0.2) is 22.9 Å². The van der Waals surface area contributed by atoms with Gasteiger partial charge in [0, 0.05) is 26.6 Å². The molecule has 6 nitrogen and oxygen atoms in total. The molecule has 2 heterocycles. The number of aromatic nitrogens is 3. The maximum absolute atomic E-state index is 5.62. The Balaban J connectivity index is 1.54. The molecular weight excluding hydrogens is 336 g/mol. The lowest BCUT2D eigenvalue weighted by Crippen LogP contribution is -2.19. The highest BCUT2D eigenvalue weighted by atomic mass is 79.9. The van der Waals surface area contributed by atoms with Crippen LogP contribution in [-0.4, -0.2) is 34.5 Å². The molecule has 0 amide bonds. The van der Waals surface area contributed by atoms with E-state index in [4.69, 9.17) is 9.47 Å². The van der Waals surface area contributed by atoms with Crippen molar-refractivity contribution in [3.63, 3.8) is 0 Å². The van der Waals surface area contributed by atoms with Crippen molar-refractivity contribution in [2.75, 3.05) is 19.8 Å². The first kappa shape index (κ1) is 14.3. The molecule has 2 aromatic rings. The van der Waals surface area contributed by atoms with Crippen molar-refractivity contribution in [2.24, 2.45) is 7.05 Å². The number of aryl methyl sites for hydroxylation is 1. The van der Waals surface area contributed by atoms with Gasteiger partial charge in [-0.15, -0.1) is 0 Å². The van der Waals surface area contributed by atoms with Crippen LogP contribution in [-0.2, 0) is 20.0 Å². The molecule has 0 unspecified atom stereocenters. The lowest BCUT2D eigenvalue weighted by molar-refractivity contribution is 0.170. The van der Waals surface area contributed by atoms with E-state index in [1.807, 2.05) is 13.1 Å². The van der Waals surface area contributed by atoms with E-state index in [1.165, 1.54) is 0 Å². The Morgan fingerprint density at radius 3 is 3.00 bits per heavy atom. The van der Waals surface area contributed by atoms with Crippen LogP contribution in [0.5, 0.6) is 11.5 Å². The van der Waals surface area contributed by atoms with E-state index in [-0.39, 0.29) is 0 Å². The summed E-state index contributed by atoms with van der Waals surface area (Å²) in [6.07, 6.45) is 2.53. The number of benzene rings is 1. The second-order valence-electron chi connectivity index (χ2n) is 4.86. The van der Waals surface area contributed by atoms with E-state index >= 15 is 0 Å². The normalized spacial score (nSPS) is 13.4. The van der Waals surface area contributed by atoms with Gasteiger partial charge < -0.3 is 14.8 Å². The van der Waals surface area contributed by atoms with Crippen molar-refractivity contribution < 1.29 is 9.47 Å². The SMILES string of the molecule is Cn1cnc(CCNCc2cc(Br)c3c(c2)OCCO3)n1. The van der Waals surface area contributed by atoms with Gasteiger partial charge in [0.25, 0.3) is 0 Å².